The molecule has 2 aliphatic heterocycles. The Bertz CT molecular complexity index is 693. The van der Waals surface area contributed by atoms with Gasteiger partial charge in [-0.1, -0.05) is 16.8 Å². The maximum absolute atomic E-state index is 12.7. The molecule has 2 amide bonds. The number of fused-ring (bicyclic) bond motifs is 1. The topological polar surface area (TPSA) is 66.7 Å². The quantitative estimate of drug-likeness (QED) is 0.798. The molecule has 0 aromatic carbocycles. The average molecular weight is 329 g/mol. The monoisotopic (exact) mass is 329 g/mol. The van der Waals surface area contributed by atoms with Crippen LogP contribution in [-0.2, 0) is 4.79 Å². The zero-order valence-electron chi connectivity index (χ0n) is 14.0. The summed E-state index contributed by atoms with van der Waals surface area (Å²) in [7, 11) is 0. The van der Waals surface area contributed by atoms with Crippen LogP contribution in [0.2, 0.25) is 0 Å². The molecule has 2 fully saturated rings. The highest BCUT2D eigenvalue weighted by Crippen LogP contribution is 2.34. The molecule has 4 rings (SSSR count). The molecule has 2 saturated heterocycles. The van der Waals surface area contributed by atoms with E-state index in [4.69, 9.17) is 4.52 Å². The number of carbonyl (C=O) groups excluding carboxylic acids is 2. The number of amides is 2. The lowest BCUT2D eigenvalue weighted by Gasteiger charge is -2.27. The van der Waals surface area contributed by atoms with E-state index in [0.717, 1.165) is 25.8 Å². The lowest BCUT2D eigenvalue weighted by molar-refractivity contribution is -0.128. The summed E-state index contributed by atoms with van der Waals surface area (Å²) in [6.07, 6.45) is 8.28. The minimum Gasteiger partial charge on any atom is -0.361 e. The van der Waals surface area contributed by atoms with Crippen molar-refractivity contribution in [1.82, 2.24) is 15.0 Å². The molecule has 6 nitrogen and oxygen atoms in total. The van der Waals surface area contributed by atoms with E-state index in [9.17, 15) is 9.59 Å². The van der Waals surface area contributed by atoms with E-state index >= 15 is 0 Å². The van der Waals surface area contributed by atoms with Gasteiger partial charge in [0.25, 0.3) is 5.91 Å². The first-order valence-electron chi connectivity index (χ1n) is 8.85. The Morgan fingerprint density at radius 2 is 2.25 bits per heavy atom. The molecule has 3 heterocycles. The van der Waals surface area contributed by atoms with Gasteiger partial charge in [-0.25, -0.2) is 0 Å². The SMILES string of the molecule is Cc1cc(C(=O)N2CC[C@H]3[C@@H]2CC(=O)N3CC2=CCCCC2)no1. The molecule has 0 unspecified atom stereocenters. The molecule has 1 aromatic rings. The van der Waals surface area contributed by atoms with Gasteiger partial charge in [-0.05, 0) is 39.0 Å². The van der Waals surface area contributed by atoms with Crippen molar-refractivity contribution in [3.63, 3.8) is 0 Å². The fourth-order valence-electron chi connectivity index (χ4n) is 4.27. The van der Waals surface area contributed by atoms with Crippen molar-refractivity contribution >= 4 is 11.8 Å². The number of rotatable bonds is 3. The van der Waals surface area contributed by atoms with Crippen LogP contribution in [0.1, 0.15) is 54.8 Å². The summed E-state index contributed by atoms with van der Waals surface area (Å²) in [6.45, 7) is 3.20. The maximum Gasteiger partial charge on any atom is 0.276 e. The highest BCUT2D eigenvalue weighted by atomic mass is 16.5. The highest BCUT2D eigenvalue weighted by Gasteiger charge is 2.48. The van der Waals surface area contributed by atoms with Gasteiger partial charge in [0.15, 0.2) is 5.69 Å². The van der Waals surface area contributed by atoms with Crippen LogP contribution in [0.25, 0.3) is 0 Å². The molecule has 1 aromatic heterocycles. The van der Waals surface area contributed by atoms with Crippen molar-refractivity contribution < 1.29 is 14.1 Å². The van der Waals surface area contributed by atoms with E-state index in [2.05, 4.69) is 11.2 Å². The van der Waals surface area contributed by atoms with Crippen LogP contribution in [-0.4, -0.2) is 51.9 Å². The van der Waals surface area contributed by atoms with Crippen molar-refractivity contribution in [2.45, 2.75) is 57.5 Å². The minimum absolute atomic E-state index is 0.0220. The second-order valence-corrected chi connectivity index (χ2v) is 7.08. The van der Waals surface area contributed by atoms with Crippen LogP contribution in [0.3, 0.4) is 0 Å². The first-order valence-corrected chi connectivity index (χ1v) is 8.85. The van der Waals surface area contributed by atoms with E-state index < -0.39 is 0 Å². The molecule has 0 N–H and O–H groups in total. The Hall–Kier alpha value is -2.11. The second-order valence-electron chi connectivity index (χ2n) is 7.08. The van der Waals surface area contributed by atoms with E-state index in [1.807, 2.05) is 9.80 Å². The number of allylic oxidation sites excluding steroid dienone is 1. The minimum atomic E-state index is -0.120. The van der Waals surface area contributed by atoms with Crippen LogP contribution in [0.15, 0.2) is 22.2 Å². The van der Waals surface area contributed by atoms with Gasteiger partial charge in [0.2, 0.25) is 5.91 Å². The van der Waals surface area contributed by atoms with Crippen LogP contribution < -0.4 is 0 Å². The molecule has 24 heavy (non-hydrogen) atoms. The van der Waals surface area contributed by atoms with Gasteiger partial charge in [0.05, 0.1) is 12.1 Å². The third kappa shape index (κ3) is 2.64. The lowest BCUT2D eigenvalue weighted by Crippen LogP contribution is -2.40. The van der Waals surface area contributed by atoms with Crippen molar-refractivity contribution in [1.29, 1.82) is 0 Å². The first-order chi connectivity index (χ1) is 11.6. The van der Waals surface area contributed by atoms with Crippen molar-refractivity contribution in [3.05, 3.63) is 29.2 Å². The van der Waals surface area contributed by atoms with Gasteiger partial charge in [-0.3, -0.25) is 9.59 Å². The maximum atomic E-state index is 12.7. The van der Waals surface area contributed by atoms with E-state index in [-0.39, 0.29) is 23.9 Å². The molecule has 2 atom stereocenters. The Balaban J connectivity index is 1.48. The van der Waals surface area contributed by atoms with E-state index in [1.54, 1.807) is 13.0 Å². The summed E-state index contributed by atoms with van der Waals surface area (Å²) in [4.78, 5) is 29.0. The van der Waals surface area contributed by atoms with Gasteiger partial charge in [-0.2, -0.15) is 0 Å². The molecule has 0 radical (unpaired) electrons. The molecule has 3 aliphatic rings. The fourth-order valence-corrected chi connectivity index (χ4v) is 4.27. The molecule has 128 valence electrons. The third-order valence-electron chi connectivity index (χ3n) is 5.48. The summed E-state index contributed by atoms with van der Waals surface area (Å²) >= 11 is 0. The normalized spacial score (nSPS) is 26.7. The van der Waals surface area contributed by atoms with Crippen molar-refractivity contribution in [2.75, 3.05) is 13.1 Å². The molecular formula is C18H23N3O3. The number of hydrogen-bond donors (Lipinski definition) is 0. The first kappa shape index (κ1) is 15.4. The summed E-state index contributed by atoms with van der Waals surface area (Å²) < 4.78 is 5.02. The fraction of sp³-hybridized carbons (Fsp3) is 0.611. The van der Waals surface area contributed by atoms with Crippen molar-refractivity contribution in [3.8, 4) is 0 Å². The van der Waals surface area contributed by atoms with Gasteiger partial charge in [0, 0.05) is 25.6 Å². The Labute approximate surface area is 141 Å². The Morgan fingerprint density at radius 3 is 2.96 bits per heavy atom. The van der Waals surface area contributed by atoms with Crippen LogP contribution in [0, 0.1) is 6.92 Å². The van der Waals surface area contributed by atoms with Crippen LogP contribution in [0.5, 0.6) is 0 Å². The molecule has 6 heteroatoms. The number of nitrogens with zero attached hydrogens (tertiary/aromatic N) is 3. The van der Waals surface area contributed by atoms with E-state index in [0.29, 0.717) is 24.4 Å². The van der Waals surface area contributed by atoms with Crippen LogP contribution >= 0.6 is 0 Å². The number of likely N-dealkylation sites (tertiary alicyclic amines) is 2. The molecule has 0 spiro atoms. The predicted molar refractivity (Wildman–Crippen MR) is 87.4 cm³/mol. The van der Waals surface area contributed by atoms with E-state index in [1.165, 1.54) is 18.4 Å². The standard InChI is InChI=1S/C18H23N3O3/c1-12-9-14(19-24-12)18(23)20-8-7-15-16(20)10-17(22)21(15)11-13-5-3-2-4-6-13/h5,9,15-16H,2-4,6-8,10-11H2,1H3/t15-,16-/m0/s1. The number of aromatic nitrogens is 1. The summed E-state index contributed by atoms with van der Waals surface area (Å²) in [6, 6.07) is 1.79. The zero-order chi connectivity index (χ0) is 16.7. The van der Waals surface area contributed by atoms with Gasteiger partial charge >= 0.3 is 0 Å². The van der Waals surface area contributed by atoms with Crippen LogP contribution in [0.4, 0.5) is 0 Å². The summed E-state index contributed by atoms with van der Waals surface area (Å²) in [5.74, 6) is 0.679. The number of aryl methyl sites for hydroxylation is 1. The molecular weight excluding hydrogens is 306 g/mol. The van der Waals surface area contributed by atoms with Gasteiger partial charge in [-0.15, -0.1) is 0 Å². The number of carbonyl (C=O) groups is 2. The Morgan fingerprint density at radius 1 is 1.38 bits per heavy atom. The Kier molecular flexibility index (Phi) is 3.90. The molecule has 0 saturated carbocycles. The summed E-state index contributed by atoms with van der Waals surface area (Å²) in [5, 5.41) is 3.83. The molecule has 1 aliphatic carbocycles. The third-order valence-corrected chi connectivity index (χ3v) is 5.48. The number of hydrogen-bond acceptors (Lipinski definition) is 4. The molecule has 0 bridgehead atoms. The highest BCUT2D eigenvalue weighted by molar-refractivity contribution is 5.94. The average Bonchev–Trinajstić information content (AvgIpc) is 3.26. The van der Waals surface area contributed by atoms with Crippen molar-refractivity contribution in [2.24, 2.45) is 0 Å². The largest absolute Gasteiger partial charge is 0.361 e. The lowest BCUT2D eigenvalue weighted by atomic mass is 9.99. The van der Waals surface area contributed by atoms with Gasteiger partial charge < -0.3 is 14.3 Å². The second kappa shape index (κ2) is 6.07. The predicted octanol–water partition coefficient (Wildman–Crippen LogP) is 2.30. The smallest absolute Gasteiger partial charge is 0.276 e. The van der Waals surface area contributed by atoms with Gasteiger partial charge in [0.1, 0.15) is 5.76 Å². The summed E-state index contributed by atoms with van der Waals surface area (Å²) in [5.41, 5.74) is 1.72. The zero-order valence-corrected chi connectivity index (χ0v) is 14.0.